The molecule has 0 unspecified atom stereocenters. The smallest absolute Gasteiger partial charge is 0.323 e. The van der Waals surface area contributed by atoms with Crippen molar-refractivity contribution in [2.75, 3.05) is 53.9 Å². The van der Waals surface area contributed by atoms with E-state index >= 15 is 0 Å². The minimum absolute atomic E-state index is 0.0263. The number of amides is 1. The van der Waals surface area contributed by atoms with Crippen LogP contribution in [-0.4, -0.2) is 111 Å². The number of carbonyl (C=O) groups is 4. The molecule has 1 aliphatic heterocycles. The molecular formula is C60H115N3O7. The van der Waals surface area contributed by atoms with E-state index in [9.17, 15) is 19.2 Å². The summed E-state index contributed by atoms with van der Waals surface area (Å²) in [7, 11) is 5.86. The average molecular weight is 991 g/mol. The van der Waals surface area contributed by atoms with E-state index in [0.29, 0.717) is 39.0 Å². The van der Waals surface area contributed by atoms with Crippen LogP contribution in [0.5, 0.6) is 0 Å². The molecule has 1 amide bonds. The highest BCUT2D eigenvalue weighted by molar-refractivity contribution is 5.77. The van der Waals surface area contributed by atoms with Gasteiger partial charge in [0.2, 0.25) is 5.91 Å². The number of unbranched alkanes of at least 4 members (excludes halogenated alkanes) is 21. The van der Waals surface area contributed by atoms with Gasteiger partial charge >= 0.3 is 17.9 Å². The van der Waals surface area contributed by atoms with Gasteiger partial charge < -0.3 is 24.0 Å². The Kier molecular flexibility index (Phi) is 40.6. The number of ether oxygens (including phenoxy) is 3. The number of likely N-dealkylation sites (tertiary alicyclic amines) is 1. The molecule has 1 heterocycles. The fourth-order valence-electron chi connectivity index (χ4n) is 10.1. The third kappa shape index (κ3) is 34.3. The van der Waals surface area contributed by atoms with Crippen molar-refractivity contribution in [3.63, 3.8) is 0 Å². The summed E-state index contributed by atoms with van der Waals surface area (Å²) in [6.45, 7) is 16.3. The van der Waals surface area contributed by atoms with E-state index in [-0.39, 0.29) is 36.0 Å². The van der Waals surface area contributed by atoms with Crippen LogP contribution in [0.4, 0.5) is 0 Å². The summed E-state index contributed by atoms with van der Waals surface area (Å²) < 4.78 is 18.0. The van der Waals surface area contributed by atoms with Gasteiger partial charge in [-0.3, -0.25) is 24.1 Å². The Bertz CT molecular complexity index is 1270. The third-order valence-corrected chi connectivity index (χ3v) is 15.0. The van der Waals surface area contributed by atoms with Crippen LogP contribution >= 0.6 is 0 Å². The van der Waals surface area contributed by atoms with Gasteiger partial charge in [0.1, 0.15) is 18.2 Å². The Morgan fingerprint density at radius 3 is 1.67 bits per heavy atom. The molecule has 1 aliphatic rings. The second-order valence-electron chi connectivity index (χ2n) is 22.6. The summed E-state index contributed by atoms with van der Waals surface area (Å²) in [4.78, 5) is 58.7. The van der Waals surface area contributed by atoms with Gasteiger partial charge in [-0.25, -0.2) is 0 Å². The highest BCUT2D eigenvalue weighted by atomic mass is 16.6. The van der Waals surface area contributed by atoms with Gasteiger partial charge in [0.25, 0.3) is 0 Å². The van der Waals surface area contributed by atoms with Crippen molar-refractivity contribution in [3.05, 3.63) is 0 Å². The zero-order valence-electron chi connectivity index (χ0n) is 47.7. The van der Waals surface area contributed by atoms with Crippen molar-refractivity contribution >= 4 is 23.8 Å². The van der Waals surface area contributed by atoms with E-state index in [0.717, 1.165) is 115 Å². The number of hydrogen-bond donors (Lipinski definition) is 0. The van der Waals surface area contributed by atoms with Crippen molar-refractivity contribution in [3.8, 4) is 0 Å². The summed E-state index contributed by atoms with van der Waals surface area (Å²) in [5, 5.41) is 0. The quantitative estimate of drug-likeness (QED) is 0.0335. The van der Waals surface area contributed by atoms with Crippen LogP contribution in [-0.2, 0) is 33.4 Å². The number of hydrogen-bond acceptors (Lipinski definition) is 9. The third-order valence-electron chi connectivity index (χ3n) is 15.0. The van der Waals surface area contributed by atoms with Crippen molar-refractivity contribution in [1.82, 2.24) is 14.7 Å². The molecule has 0 N–H and O–H groups in total. The molecule has 0 aromatic heterocycles. The Labute approximate surface area is 433 Å². The van der Waals surface area contributed by atoms with E-state index in [1.807, 2.05) is 44.8 Å². The predicted octanol–water partition coefficient (Wildman–Crippen LogP) is 15.2. The second kappa shape index (κ2) is 43.2. The summed E-state index contributed by atoms with van der Waals surface area (Å²) in [6, 6.07) is -0.416. The molecule has 0 saturated carbocycles. The SMILES string of the molecule is CCCCCCCCC(CCCCCCCC)OC(=O)C(C)(C)CCCCCCOC(=O)[C@@H]1C[C@H](OC(=O)CCN(C)C)CN1CCCCCCCC(=O)N(C)CCCC(CCCCC)CCCCC. The van der Waals surface area contributed by atoms with E-state index in [1.165, 1.54) is 122 Å². The Hall–Kier alpha value is -2.20. The van der Waals surface area contributed by atoms with Gasteiger partial charge in [-0.1, -0.05) is 182 Å². The average Bonchev–Trinajstić information content (AvgIpc) is 3.73. The maximum Gasteiger partial charge on any atom is 0.323 e. The zero-order valence-corrected chi connectivity index (χ0v) is 47.7. The van der Waals surface area contributed by atoms with Gasteiger partial charge in [-0.2, -0.15) is 0 Å². The molecule has 0 bridgehead atoms. The fourth-order valence-corrected chi connectivity index (χ4v) is 10.1. The van der Waals surface area contributed by atoms with Gasteiger partial charge in [0, 0.05) is 39.5 Å². The molecule has 70 heavy (non-hydrogen) atoms. The highest BCUT2D eigenvalue weighted by Crippen LogP contribution is 2.29. The first-order chi connectivity index (χ1) is 33.8. The molecular weight excluding hydrogens is 875 g/mol. The summed E-state index contributed by atoms with van der Waals surface area (Å²) >= 11 is 0. The van der Waals surface area contributed by atoms with Crippen LogP contribution in [0, 0.1) is 11.3 Å². The van der Waals surface area contributed by atoms with Crippen LogP contribution in [0.25, 0.3) is 0 Å². The number of carbonyl (C=O) groups excluding carboxylic acids is 4. The van der Waals surface area contributed by atoms with Crippen molar-refractivity contribution in [1.29, 1.82) is 0 Å². The fraction of sp³-hybridized carbons (Fsp3) is 0.933. The molecule has 0 spiro atoms. The largest absolute Gasteiger partial charge is 0.465 e. The van der Waals surface area contributed by atoms with Crippen LogP contribution < -0.4 is 0 Å². The first-order valence-electron chi connectivity index (χ1n) is 30.0. The molecule has 0 aromatic carbocycles. The van der Waals surface area contributed by atoms with E-state index in [4.69, 9.17) is 14.2 Å². The first-order valence-corrected chi connectivity index (χ1v) is 30.0. The lowest BCUT2D eigenvalue weighted by atomic mass is 9.86. The topological polar surface area (TPSA) is 106 Å². The summed E-state index contributed by atoms with van der Waals surface area (Å²) in [5.41, 5.74) is -0.522. The van der Waals surface area contributed by atoms with Gasteiger partial charge in [0.15, 0.2) is 0 Å². The standard InChI is InChI=1S/C60H115N3O7/c1-10-14-18-20-23-31-41-53(42-32-24-21-19-15-11-2)70-59(67)60(5,6)45-34-26-28-36-49-68-58(66)55-50-54(69-57(65)44-48-61(7)8)51-63(55)47-35-27-22-25-33-43-56(64)62(9)46-37-40-52(38-29-16-12-3)39-30-17-13-4/h52-55H,10-51H2,1-9H3/t54-,55-/m0/s1. The molecule has 0 radical (unpaired) electrons. The predicted molar refractivity (Wildman–Crippen MR) is 293 cm³/mol. The molecule has 1 saturated heterocycles. The zero-order chi connectivity index (χ0) is 51.7. The van der Waals surface area contributed by atoms with E-state index in [1.54, 1.807) is 0 Å². The highest BCUT2D eigenvalue weighted by Gasteiger charge is 2.39. The van der Waals surface area contributed by atoms with Crippen LogP contribution in [0.2, 0.25) is 0 Å². The molecule has 412 valence electrons. The number of nitrogens with zero attached hydrogens (tertiary/aromatic N) is 3. The Balaban J connectivity index is 2.53. The molecule has 0 aliphatic carbocycles. The lowest BCUT2D eigenvalue weighted by molar-refractivity contribution is -0.161. The summed E-state index contributed by atoms with van der Waals surface area (Å²) in [5.74, 6) is 0.568. The Morgan fingerprint density at radius 2 is 1.07 bits per heavy atom. The van der Waals surface area contributed by atoms with E-state index in [2.05, 4.69) is 32.6 Å². The maximum atomic E-state index is 13.5. The maximum absolute atomic E-state index is 13.5. The molecule has 10 nitrogen and oxygen atoms in total. The minimum atomic E-state index is -0.522. The van der Waals surface area contributed by atoms with Crippen LogP contribution in [0.15, 0.2) is 0 Å². The van der Waals surface area contributed by atoms with E-state index < -0.39 is 11.5 Å². The first kappa shape index (κ1) is 65.8. The van der Waals surface area contributed by atoms with Crippen molar-refractivity contribution < 1.29 is 33.4 Å². The number of esters is 3. The van der Waals surface area contributed by atoms with Crippen LogP contribution in [0.3, 0.4) is 0 Å². The monoisotopic (exact) mass is 990 g/mol. The minimum Gasteiger partial charge on any atom is -0.465 e. The summed E-state index contributed by atoms with van der Waals surface area (Å²) in [6.07, 6.45) is 40.3. The van der Waals surface area contributed by atoms with Gasteiger partial charge in [-0.15, -0.1) is 0 Å². The number of rotatable bonds is 48. The normalized spacial score (nSPS) is 15.4. The van der Waals surface area contributed by atoms with Crippen molar-refractivity contribution in [2.24, 2.45) is 11.3 Å². The van der Waals surface area contributed by atoms with Gasteiger partial charge in [-0.05, 0) is 105 Å². The molecule has 2 atom stereocenters. The molecule has 1 fully saturated rings. The van der Waals surface area contributed by atoms with Crippen molar-refractivity contribution in [2.45, 2.75) is 297 Å². The van der Waals surface area contributed by atoms with Gasteiger partial charge in [0.05, 0.1) is 18.4 Å². The second-order valence-corrected chi connectivity index (χ2v) is 22.6. The Morgan fingerprint density at radius 1 is 0.571 bits per heavy atom. The molecule has 10 heteroatoms. The van der Waals surface area contributed by atoms with Crippen LogP contribution in [0.1, 0.15) is 279 Å². The lowest BCUT2D eigenvalue weighted by Crippen LogP contribution is -2.38. The molecule has 0 aromatic rings. The lowest BCUT2D eigenvalue weighted by Gasteiger charge is -2.27. The molecule has 1 rings (SSSR count).